The molecule has 50 heavy (non-hydrogen) atoms. The highest BCUT2D eigenvalue weighted by Gasteiger charge is 2.53. The Morgan fingerprint density at radius 3 is 1.32 bits per heavy atom. The molecular formula is C37H67NO6S6. The summed E-state index contributed by atoms with van der Waals surface area (Å²) in [6.45, 7) is 0.619. The maximum atomic E-state index is 12.2. The minimum Gasteiger partial charge on any atom is -0.481 e. The van der Waals surface area contributed by atoms with Crippen LogP contribution < -0.4 is 5.32 Å². The fraction of sp³-hybridized carbons (Fsp3) is 0.892. The molecule has 2 aliphatic rings. The van der Waals surface area contributed by atoms with Crippen molar-refractivity contribution in [2.75, 3.05) is 6.54 Å². The fourth-order valence-corrected chi connectivity index (χ4v) is 20.0. The molecule has 3 N–H and O–H groups in total. The van der Waals surface area contributed by atoms with E-state index in [9.17, 15) is 24.3 Å². The number of hydrogen-bond donors (Lipinski definition) is 3. The molecule has 292 valence electrons. The van der Waals surface area contributed by atoms with Gasteiger partial charge < -0.3 is 15.5 Å². The molecule has 2 aliphatic heterocycles. The summed E-state index contributed by atoms with van der Waals surface area (Å²) in [6.07, 6.45) is 30.6. The van der Waals surface area contributed by atoms with Crippen LogP contribution in [0.15, 0.2) is 0 Å². The van der Waals surface area contributed by atoms with Crippen LogP contribution in [-0.2, 0) is 19.2 Å². The lowest BCUT2D eigenvalue weighted by atomic mass is 10.0. The number of nitrogens with one attached hydrogen (secondary N) is 1. The second-order valence-corrected chi connectivity index (χ2v) is 23.4. The van der Waals surface area contributed by atoms with Gasteiger partial charge in [-0.25, -0.2) is 0 Å². The number of carbonyl (C=O) groups is 4. The zero-order valence-corrected chi connectivity index (χ0v) is 35.2. The number of Topliss-reactive ketones (excluding diaryl/α,β-unsaturated/α-hetero) is 1. The zero-order chi connectivity index (χ0) is 36.1. The van der Waals surface area contributed by atoms with Crippen molar-refractivity contribution in [2.45, 2.75) is 194 Å². The largest absolute Gasteiger partial charge is 0.481 e. The van der Waals surface area contributed by atoms with E-state index in [-0.39, 0.29) is 20.6 Å². The highest BCUT2D eigenvalue weighted by Crippen LogP contribution is 2.84. The number of ketones is 1. The van der Waals surface area contributed by atoms with E-state index in [0.29, 0.717) is 31.6 Å². The third kappa shape index (κ3) is 25.2. The highest BCUT2D eigenvalue weighted by molar-refractivity contribution is 9.14. The first-order valence-corrected chi connectivity index (χ1v) is 26.2. The second-order valence-electron chi connectivity index (χ2n) is 13.9. The van der Waals surface area contributed by atoms with E-state index in [1.807, 2.05) is 21.6 Å². The van der Waals surface area contributed by atoms with Crippen LogP contribution in [0.2, 0.25) is 0 Å². The monoisotopic (exact) mass is 813 g/mol. The maximum absolute atomic E-state index is 12.2. The molecule has 2 heterocycles. The number of amides is 1. The third-order valence-corrected chi connectivity index (χ3v) is 23.2. The summed E-state index contributed by atoms with van der Waals surface area (Å²) in [5.41, 5.74) is 0. The van der Waals surface area contributed by atoms with E-state index >= 15 is 0 Å². The van der Waals surface area contributed by atoms with Gasteiger partial charge in [0.25, 0.3) is 0 Å². The van der Waals surface area contributed by atoms with Crippen molar-refractivity contribution < 1.29 is 30.8 Å². The van der Waals surface area contributed by atoms with Gasteiger partial charge in [-0.3, -0.25) is 19.2 Å². The van der Waals surface area contributed by atoms with Crippen molar-refractivity contribution in [3.05, 3.63) is 0 Å². The topological polar surface area (TPSA) is 121 Å². The van der Waals surface area contributed by atoms with E-state index in [1.165, 1.54) is 83.5 Å². The van der Waals surface area contributed by atoms with Crippen LogP contribution in [0.4, 0.5) is 0 Å². The number of unbranched alkanes of at least 4 members (excludes halogenated alkanes) is 21. The summed E-state index contributed by atoms with van der Waals surface area (Å²) in [6, 6.07) is 0. The highest BCUT2D eigenvalue weighted by atomic mass is 33.2. The van der Waals surface area contributed by atoms with Gasteiger partial charge in [-0.2, -0.15) is 0 Å². The number of aliphatic carboxylic acids is 2. The molecule has 0 aromatic rings. The number of carbonyl (C=O) groups excluding carboxylic acids is 2. The average molecular weight is 814 g/mol. The smallest absolute Gasteiger partial charge is 0.308 e. The van der Waals surface area contributed by atoms with Crippen LogP contribution in [0.5, 0.6) is 0 Å². The van der Waals surface area contributed by atoms with E-state index in [0.717, 1.165) is 83.5 Å². The summed E-state index contributed by atoms with van der Waals surface area (Å²) in [7, 11) is 10.7. The van der Waals surface area contributed by atoms with Crippen LogP contribution in [0.1, 0.15) is 188 Å². The number of rotatable bonds is 35. The fourth-order valence-electron chi connectivity index (χ4n) is 6.16. The quantitative estimate of drug-likeness (QED) is 0.0321. The van der Waals surface area contributed by atoms with E-state index in [2.05, 4.69) is 5.32 Å². The molecule has 13 heteroatoms. The number of carboxylic acids is 2. The lowest BCUT2D eigenvalue weighted by molar-refractivity contribution is -0.141. The van der Waals surface area contributed by atoms with Gasteiger partial charge in [-0.1, -0.05) is 165 Å². The van der Waals surface area contributed by atoms with Crippen molar-refractivity contribution in [3.8, 4) is 0 Å². The van der Waals surface area contributed by atoms with E-state index in [4.69, 9.17) is 5.11 Å². The zero-order valence-electron chi connectivity index (χ0n) is 30.3. The Balaban J connectivity index is 0.0000130. The molecule has 1 atom stereocenters. The molecule has 2 rings (SSSR count). The van der Waals surface area contributed by atoms with Crippen molar-refractivity contribution in [1.82, 2.24) is 5.32 Å². The van der Waals surface area contributed by atoms with Crippen LogP contribution in [0.25, 0.3) is 0 Å². The molecule has 2 fully saturated rings. The Bertz CT molecular complexity index is 937. The van der Waals surface area contributed by atoms with Crippen LogP contribution >= 0.6 is 64.8 Å². The summed E-state index contributed by atoms with van der Waals surface area (Å²) in [5.74, 6) is -1.21. The first kappa shape index (κ1) is 46.3. The maximum Gasteiger partial charge on any atom is 0.308 e. The van der Waals surface area contributed by atoms with Crippen molar-refractivity contribution in [2.24, 2.45) is 5.92 Å². The summed E-state index contributed by atoms with van der Waals surface area (Å²) < 4.78 is 0.267. The van der Waals surface area contributed by atoms with Gasteiger partial charge >= 0.3 is 11.9 Å². The molecule has 7 nitrogen and oxygen atoms in total. The van der Waals surface area contributed by atoms with Gasteiger partial charge in [0.15, 0.2) is 2.74 Å². The standard InChI is InChI=1S/C37H65NO6S6.H2/c39-31(25-19-15-11-9-7-5-3-1-2-4-6-8-10-12-18-22-29-34(41)42)26-20-16-13-14-17-21-28-33(40)38-30-24-23-27-32(35(43)44)36-45-47-37(48-46-36)49-50-37;/h32,36H,1-30H2,(H,38,40)(H,41,42)(H,43,44);1H/t32-;/m0./s1. The number of hydrogen-bond acceptors (Lipinski definition) is 10. The summed E-state index contributed by atoms with van der Waals surface area (Å²) in [5, 5.41) is 21.3. The predicted molar refractivity (Wildman–Crippen MR) is 225 cm³/mol. The molecule has 0 saturated carbocycles. The molecule has 0 aromatic carbocycles. The van der Waals surface area contributed by atoms with Crippen LogP contribution in [0.3, 0.4) is 0 Å². The molecule has 0 radical (unpaired) electrons. The minimum absolute atomic E-state index is 0. The van der Waals surface area contributed by atoms with E-state index < -0.39 is 11.9 Å². The predicted octanol–water partition coefficient (Wildman–Crippen LogP) is 13.1. The Hall–Kier alpha value is 0.180. The molecule has 1 spiro atoms. The average Bonchev–Trinajstić information content (AvgIpc) is 3.85. The van der Waals surface area contributed by atoms with Gasteiger partial charge in [0.1, 0.15) is 5.78 Å². The lowest BCUT2D eigenvalue weighted by Crippen LogP contribution is -2.26. The first-order valence-electron chi connectivity index (χ1n) is 19.6. The van der Waals surface area contributed by atoms with Crippen molar-refractivity contribution >= 4 is 88.4 Å². The molecular weight excluding hydrogens is 747 g/mol. The summed E-state index contributed by atoms with van der Waals surface area (Å²) in [4.78, 5) is 46.7. The first-order chi connectivity index (χ1) is 24.3. The second kappa shape index (κ2) is 30.5. The van der Waals surface area contributed by atoms with Crippen molar-refractivity contribution in [1.29, 1.82) is 0 Å². The van der Waals surface area contributed by atoms with Crippen molar-refractivity contribution in [3.63, 3.8) is 0 Å². The Labute approximate surface area is 328 Å². The molecule has 0 bridgehead atoms. The minimum atomic E-state index is -0.711. The van der Waals surface area contributed by atoms with E-state index in [1.54, 1.807) is 43.2 Å². The van der Waals surface area contributed by atoms with Crippen LogP contribution in [-0.4, -0.2) is 47.7 Å². The Kier molecular flexibility index (Phi) is 28.3. The lowest BCUT2D eigenvalue weighted by Gasteiger charge is -2.27. The molecule has 0 unspecified atom stereocenters. The summed E-state index contributed by atoms with van der Waals surface area (Å²) >= 11 is 0. The Morgan fingerprint density at radius 2 is 0.920 bits per heavy atom. The molecule has 0 aromatic heterocycles. The van der Waals surface area contributed by atoms with Gasteiger partial charge in [0.05, 0.1) is 10.5 Å². The normalized spacial score (nSPS) is 16.0. The number of carboxylic acid groups (broad SMARTS) is 2. The van der Waals surface area contributed by atoms with Gasteiger partial charge in [0, 0.05) is 33.7 Å². The molecule has 1 amide bonds. The SMILES string of the molecule is O=C(O)CCCCCCCCCCCCCCCCCCC(=O)CCCCCCCCC(=O)NCCCC[C@@H](C(=O)O)C1SSC2(SS1)SS2.[HH]. The molecule has 2 saturated heterocycles. The van der Waals surface area contributed by atoms with Gasteiger partial charge in [-0.05, 0) is 60.1 Å². The Morgan fingerprint density at radius 1 is 0.520 bits per heavy atom. The van der Waals surface area contributed by atoms with Gasteiger partial charge in [0.2, 0.25) is 5.91 Å². The molecule has 0 aliphatic carbocycles. The van der Waals surface area contributed by atoms with Crippen LogP contribution in [0, 0.1) is 5.92 Å². The third-order valence-electron chi connectivity index (χ3n) is 9.32. The van der Waals surface area contributed by atoms with Gasteiger partial charge in [-0.15, -0.1) is 0 Å².